The first-order valence-corrected chi connectivity index (χ1v) is 9.46. The Balaban J connectivity index is 1.83. The van der Waals surface area contributed by atoms with Crippen molar-refractivity contribution in [2.24, 2.45) is 0 Å². The fourth-order valence-corrected chi connectivity index (χ4v) is 3.61. The number of halogens is 4. The normalized spacial score (nSPS) is 13.6. The van der Waals surface area contributed by atoms with Gasteiger partial charge in [-0.05, 0) is 31.0 Å². The van der Waals surface area contributed by atoms with Crippen molar-refractivity contribution in [2.45, 2.75) is 13.3 Å². The van der Waals surface area contributed by atoms with Gasteiger partial charge in [-0.1, -0.05) is 18.2 Å². The molecule has 0 saturated carbocycles. The van der Waals surface area contributed by atoms with Crippen LogP contribution in [0.1, 0.15) is 28.5 Å². The molecule has 31 heavy (non-hydrogen) atoms. The number of carbonyl (C=O) groups excluding carboxylic acids is 2. The van der Waals surface area contributed by atoms with Crippen LogP contribution < -0.4 is 0 Å². The SMILES string of the molecule is CCOC(=O)C1=CN(C(=O)c2cc(F)c(F)c(F)c2F)CCc2c1[nH]c1ccccc21. The zero-order valence-corrected chi connectivity index (χ0v) is 16.3. The summed E-state index contributed by atoms with van der Waals surface area (Å²) >= 11 is 0. The number of fused-ring (bicyclic) bond motifs is 3. The minimum absolute atomic E-state index is 0.00219. The van der Waals surface area contributed by atoms with Crippen molar-refractivity contribution in [1.29, 1.82) is 0 Å². The lowest BCUT2D eigenvalue weighted by Crippen LogP contribution is -2.29. The van der Waals surface area contributed by atoms with E-state index in [0.29, 0.717) is 11.8 Å². The molecule has 1 N–H and O–H groups in total. The summed E-state index contributed by atoms with van der Waals surface area (Å²) in [7, 11) is 0. The lowest BCUT2D eigenvalue weighted by Gasteiger charge is -2.18. The summed E-state index contributed by atoms with van der Waals surface area (Å²) in [5.74, 6) is -9.43. The first-order chi connectivity index (χ1) is 14.8. The van der Waals surface area contributed by atoms with Gasteiger partial charge < -0.3 is 14.6 Å². The molecular formula is C22H16F4N2O3. The number of amides is 1. The molecule has 3 aromatic rings. The molecule has 1 amide bonds. The minimum Gasteiger partial charge on any atom is -0.462 e. The Kier molecular flexibility index (Phi) is 5.26. The van der Waals surface area contributed by atoms with E-state index in [2.05, 4.69) is 4.98 Å². The quantitative estimate of drug-likeness (QED) is 0.290. The molecule has 4 rings (SSSR count). The van der Waals surface area contributed by atoms with E-state index < -0.39 is 40.7 Å². The number of rotatable bonds is 3. The van der Waals surface area contributed by atoms with Gasteiger partial charge in [0.25, 0.3) is 5.91 Å². The third-order valence-electron chi connectivity index (χ3n) is 5.06. The second-order valence-electron chi connectivity index (χ2n) is 6.88. The zero-order valence-electron chi connectivity index (χ0n) is 16.3. The Hall–Kier alpha value is -3.62. The number of hydrogen-bond donors (Lipinski definition) is 1. The summed E-state index contributed by atoms with van der Waals surface area (Å²) in [6.07, 6.45) is 1.42. The third kappa shape index (κ3) is 3.45. The average molecular weight is 432 g/mol. The summed E-state index contributed by atoms with van der Waals surface area (Å²) in [5, 5.41) is 0.826. The molecule has 0 atom stereocenters. The lowest BCUT2D eigenvalue weighted by atomic mass is 10.0. The van der Waals surface area contributed by atoms with Crippen LogP contribution in [0.25, 0.3) is 16.5 Å². The highest BCUT2D eigenvalue weighted by atomic mass is 19.2. The Morgan fingerprint density at radius 3 is 2.58 bits per heavy atom. The molecule has 1 aliphatic heterocycles. The summed E-state index contributed by atoms with van der Waals surface area (Å²) in [4.78, 5) is 29.6. The van der Waals surface area contributed by atoms with Gasteiger partial charge >= 0.3 is 5.97 Å². The number of esters is 1. The van der Waals surface area contributed by atoms with Crippen LogP contribution in [0.3, 0.4) is 0 Å². The number of nitrogens with one attached hydrogen (secondary N) is 1. The van der Waals surface area contributed by atoms with Crippen molar-refractivity contribution < 1.29 is 31.9 Å². The summed E-state index contributed by atoms with van der Waals surface area (Å²) in [6.45, 7) is 1.67. The maximum Gasteiger partial charge on any atom is 0.341 e. The second-order valence-corrected chi connectivity index (χ2v) is 6.88. The van der Waals surface area contributed by atoms with E-state index in [-0.39, 0.29) is 25.1 Å². The van der Waals surface area contributed by atoms with Gasteiger partial charge in [-0.25, -0.2) is 22.4 Å². The highest BCUT2D eigenvalue weighted by molar-refractivity contribution is 6.18. The van der Waals surface area contributed by atoms with E-state index in [1.165, 1.54) is 0 Å². The van der Waals surface area contributed by atoms with Crippen LogP contribution in [0.4, 0.5) is 17.6 Å². The number of benzene rings is 2. The van der Waals surface area contributed by atoms with E-state index >= 15 is 0 Å². The molecule has 0 saturated heterocycles. The van der Waals surface area contributed by atoms with E-state index in [1.807, 2.05) is 24.3 Å². The van der Waals surface area contributed by atoms with Gasteiger partial charge in [0.2, 0.25) is 0 Å². The molecular weight excluding hydrogens is 416 g/mol. The van der Waals surface area contributed by atoms with E-state index in [4.69, 9.17) is 4.74 Å². The number of aromatic amines is 1. The lowest BCUT2D eigenvalue weighted by molar-refractivity contribution is -0.136. The number of aromatic nitrogens is 1. The minimum atomic E-state index is -2.08. The Labute approximate surface area is 173 Å². The van der Waals surface area contributed by atoms with Crippen molar-refractivity contribution in [3.05, 3.63) is 76.6 Å². The van der Waals surface area contributed by atoms with Crippen molar-refractivity contribution >= 4 is 28.4 Å². The standard InChI is InChI=1S/C22H16F4N2O3/c1-2-31-22(30)14-10-28(21(29)13-9-15(23)18(25)19(26)17(13)24)8-7-12-11-5-3-4-6-16(11)27-20(12)14/h3-6,9-10,27H,2,7-8H2,1H3. The fourth-order valence-electron chi connectivity index (χ4n) is 3.61. The summed E-state index contributed by atoms with van der Waals surface area (Å²) in [5.41, 5.74) is 0.971. The first-order valence-electron chi connectivity index (χ1n) is 9.46. The number of nitrogens with zero attached hydrogens (tertiary/aromatic N) is 1. The number of hydrogen-bond acceptors (Lipinski definition) is 3. The largest absolute Gasteiger partial charge is 0.462 e. The Bertz CT molecular complexity index is 1250. The van der Waals surface area contributed by atoms with Crippen molar-refractivity contribution in [3.63, 3.8) is 0 Å². The van der Waals surface area contributed by atoms with E-state index in [1.54, 1.807) is 6.92 Å². The number of H-pyrrole nitrogens is 1. The van der Waals surface area contributed by atoms with Gasteiger partial charge in [-0.15, -0.1) is 0 Å². The predicted molar refractivity (Wildman–Crippen MR) is 104 cm³/mol. The first kappa shape index (κ1) is 20.6. The van der Waals surface area contributed by atoms with Crippen LogP contribution in [0.5, 0.6) is 0 Å². The van der Waals surface area contributed by atoms with Crippen LogP contribution in [0.15, 0.2) is 36.5 Å². The molecule has 0 bridgehead atoms. The topological polar surface area (TPSA) is 62.4 Å². The zero-order chi connectivity index (χ0) is 22.3. The van der Waals surface area contributed by atoms with Crippen LogP contribution in [-0.2, 0) is 16.0 Å². The number of ether oxygens (including phenoxy) is 1. The molecule has 5 nitrogen and oxygen atoms in total. The summed E-state index contributed by atoms with van der Waals surface area (Å²) < 4.78 is 59.8. The molecule has 0 spiro atoms. The molecule has 0 fully saturated rings. The van der Waals surface area contributed by atoms with Crippen molar-refractivity contribution in [2.75, 3.05) is 13.2 Å². The molecule has 0 radical (unpaired) electrons. The molecule has 2 aromatic carbocycles. The van der Waals surface area contributed by atoms with Crippen LogP contribution in [0, 0.1) is 23.3 Å². The Morgan fingerprint density at radius 1 is 1.10 bits per heavy atom. The van der Waals surface area contributed by atoms with Gasteiger partial charge in [0.05, 0.1) is 23.4 Å². The van der Waals surface area contributed by atoms with Crippen LogP contribution in [0.2, 0.25) is 0 Å². The van der Waals surface area contributed by atoms with E-state index in [9.17, 15) is 27.2 Å². The van der Waals surface area contributed by atoms with Crippen molar-refractivity contribution in [1.82, 2.24) is 9.88 Å². The molecule has 9 heteroatoms. The van der Waals surface area contributed by atoms with Crippen molar-refractivity contribution in [3.8, 4) is 0 Å². The van der Waals surface area contributed by atoms with Gasteiger partial charge in [-0.2, -0.15) is 0 Å². The monoisotopic (exact) mass is 432 g/mol. The predicted octanol–water partition coefficient (Wildman–Crippen LogP) is 4.33. The van der Waals surface area contributed by atoms with Gasteiger partial charge in [0.15, 0.2) is 23.3 Å². The average Bonchev–Trinajstić information content (AvgIpc) is 3.02. The van der Waals surface area contributed by atoms with Gasteiger partial charge in [-0.3, -0.25) is 4.79 Å². The highest BCUT2D eigenvalue weighted by Crippen LogP contribution is 2.32. The molecule has 1 aromatic heterocycles. The van der Waals surface area contributed by atoms with Crippen LogP contribution in [-0.4, -0.2) is 34.9 Å². The third-order valence-corrected chi connectivity index (χ3v) is 5.06. The fraction of sp³-hybridized carbons (Fsp3) is 0.182. The molecule has 1 aliphatic rings. The molecule has 160 valence electrons. The molecule has 0 aliphatic carbocycles. The molecule has 2 heterocycles. The van der Waals surface area contributed by atoms with Gasteiger partial charge in [0.1, 0.15) is 0 Å². The highest BCUT2D eigenvalue weighted by Gasteiger charge is 2.30. The van der Waals surface area contributed by atoms with Crippen LogP contribution >= 0.6 is 0 Å². The van der Waals surface area contributed by atoms with Gasteiger partial charge in [0, 0.05) is 23.6 Å². The Morgan fingerprint density at radius 2 is 1.84 bits per heavy atom. The maximum absolute atomic E-state index is 14.2. The second kappa shape index (κ2) is 7.90. The van der Waals surface area contributed by atoms with E-state index in [0.717, 1.165) is 27.6 Å². The summed E-state index contributed by atoms with van der Waals surface area (Å²) in [6, 6.07) is 7.61. The number of para-hydroxylation sites is 1. The smallest absolute Gasteiger partial charge is 0.341 e. The molecule has 0 unspecified atom stereocenters. The maximum atomic E-state index is 14.2. The number of carbonyl (C=O) groups is 2.